The van der Waals surface area contributed by atoms with Crippen LogP contribution in [0.5, 0.6) is 0 Å². The Hall–Kier alpha value is -0.400. The molecule has 1 aliphatic rings. The fourth-order valence-electron chi connectivity index (χ4n) is 2.80. The zero-order chi connectivity index (χ0) is 14.9. The first-order chi connectivity index (χ1) is 9.33. The molecular formula is C13H22BrN3O2S. The lowest BCUT2D eigenvalue weighted by molar-refractivity contribution is 0.520. The van der Waals surface area contributed by atoms with Crippen molar-refractivity contribution in [2.24, 2.45) is 7.05 Å². The van der Waals surface area contributed by atoms with Crippen molar-refractivity contribution in [2.75, 3.05) is 0 Å². The lowest BCUT2D eigenvalue weighted by Gasteiger charge is -2.21. The molecule has 0 spiro atoms. The van der Waals surface area contributed by atoms with Gasteiger partial charge in [-0.05, 0) is 26.7 Å². The van der Waals surface area contributed by atoms with Crippen LogP contribution >= 0.6 is 15.9 Å². The zero-order valence-electron chi connectivity index (χ0n) is 12.2. The number of rotatable bonds is 3. The van der Waals surface area contributed by atoms with Gasteiger partial charge in [-0.3, -0.25) is 4.68 Å². The molecule has 5 nitrogen and oxygen atoms in total. The molecule has 0 amide bonds. The minimum atomic E-state index is -3.51. The Bertz CT molecular complexity index is 583. The number of aromatic nitrogens is 2. The molecule has 7 heteroatoms. The maximum Gasteiger partial charge on any atom is 0.244 e. The van der Waals surface area contributed by atoms with Gasteiger partial charge in [-0.25, -0.2) is 13.1 Å². The number of alkyl halides is 1. The smallest absolute Gasteiger partial charge is 0.244 e. The van der Waals surface area contributed by atoms with Gasteiger partial charge in [0.2, 0.25) is 10.0 Å². The standard InChI is InChI=1S/C13H22BrN3O2S/c1-9-13(10(2)17(3)15-9)20(18,19)16-12-8-6-4-5-7-11(12)14/h11-12,16H,4-8H2,1-3H3. The Morgan fingerprint density at radius 2 is 1.90 bits per heavy atom. The van der Waals surface area contributed by atoms with Crippen LogP contribution in [0.2, 0.25) is 0 Å². The van der Waals surface area contributed by atoms with E-state index in [1.54, 1.807) is 25.6 Å². The summed E-state index contributed by atoms with van der Waals surface area (Å²) in [6.07, 6.45) is 5.29. The van der Waals surface area contributed by atoms with Crippen molar-refractivity contribution >= 4 is 26.0 Å². The van der Waals surface area contributed by atoms with Gasteiger partial charge in [0, 0.05) is 17.9 Å². The molecule has 1 aliphatic carbocycles. The summed E-state index contributed by atoms with van der Waals surface area (Å²) in [6.45, 7) is 3.52. The van der Waals surface area contributed by atoms with Crippen molar-refractivity contribution in [3.8, 4) is 0 Å². The van der Waals surface area contributed by atoms with Crippen LogP contribution in [-0.4, -0.2) is 29.1 Å². The highest BCUT2D eigenvalue weighted by molar-refractivity contribution is 9.09. The third-order valence-electron chi connectivity index (χ3n) is 3.95. The van der Waals surface area contributed by atoms with Crippen LogP contribution in [0.1, 0.15) is 43.5 Å². The molecule has 1 fully saturated rings. The number of halogens is 1. The molecule has 0 aromatic carbocycles. The Labute approximate surface area is 129 Å². The van der Waals surface area contributed by atoms with Crippen molar-refractivity contribution in [1.82, 2.24) is 14.5 Å². The van der Waals surface area contributed by atoms with Crippen molar-refractivity contribution in [2.45, 2.75) is 61.7 Å². The van der Waals surface area contributed by atoms with E-state index in [1.807, 2.05) is 0 Å². The lowest BCUT2D eigenvalue weighted by Crippen LogP contribution is -2.40. The summed E-state index contributed by atoms with van der Waals surface area (Å²) in [5, 5.41) is 4.19. The first kappa shape index (κ1) is 16.0. The number of hydrogen-bond donors (Lipinski definition) is 1. The van der Waals surface area contributed by atoms with Crippen molar-refractivity contribution < 1.29 is 8.42 Å². The molecule has 0 saturated heterocycles. The van der Waals surface area contributed by atoms with Gasteiger partial charge in [-0.15, -0.1) is 0 Å². The summed E-state index contributed by atoms with van der Waals surface area (Å²) >= 11 is 3.62. The van der Waals surface area contributed by atoms with E-state index in [1.165, 1.54) is 6.42 Å². The van der Waals surface area contributed by atoms with E-state index in [-0.39, 0.29) is 10.9 Å². The van der Waals surface area contributed by atoms with Crippen LogP contribution in [0.4, 0.5) is 0 Å². The quantitative estimate of drug-likeness (QED) is 0.662. The van der Waals surface area contributed by atoms with Gasteiger partial charge in [0.15, 0.2) is 0 Å². The molecule has 1 saturated carbocycles. The predicted molar refractivity (Wildman–Crippen MR) is 82.6 cm³/mol. The van der Waals surface area contributed by atoms with E-state index in [0.29, 0.717) is 16.3 Å². The van der Waals surface area contributed by atoms with E-state index in [2.05, 4.69) is 25.8 Å². The first-order valence-corrected chi connectivity index (χ1v) is 9.39. The number of aryl methyl sites for hydroxylation is 2. The summed E-state index contributed by atoms with van der Waals surface area (Å²) in [5.41, 5.74) is 1.23. The topological polar surface area (TPSA) is 64.0 Å². The fraction of sp³-hybridized carbons (Fsp3) is 0.769. The third-order valence-corrected chi connectivity index (χ3v) is 6.79. The van der Waals surface area contributed by atoms with E-state index >= 15 is 0 Å². The largest absolute Gasteiger partial charge is 0.271 e. The fourth-order valence-corrected chi connectivity index (χ4v) is 5.44. The first-order valence-electron chi connectivity index (χ1n) is 6.99. The lowest BCUT2D eigenvalue weighted by atomic mass is 10.1. The van der Waals surface area contributed by atoms with Gasteiger partial charge in [0.25, 0.3) is 0 Å². The molecule has 0 aliphatic heterocycles. The van der Waals surface area contributed by atoms with Gasteiger partial charge >= 0.3 is 0 Å². The van der Waals surface area contributed by atoms with Crippen LogP contribution in [0.25, 0.3) is 0 Å². The number of sulfonamides is 1. The van der Waals surface area contributed by atoms with Gasteiger partial charge in [0.1, 0.15) is 4.90 Å². The minimum absolute atomic E-state index is 0.0403. The van der Waals surface area contributed by atoms with E-state index < -0.39 is 10.0 Å². The second kappa shape index (κ2) is 6.15. The normalized spacial score (nSPS) is 24.6. The molecule has 1 aromatic heterocycles. The molecule has 1 N–H and O–H groups in total. The number of hydrogen-bond acceptors (Lipinski definition) is 3. The maximum atomic E-state index is 12.6. The van der Waals surface area contributed by atoms with Crippen LogP contribution < -0.4 is 4.72 Å². The minimum Gasteiger partial charge on any atom is -0.271 e. The molecule has 2 unspecified atom stereocenters. The molecule has 2 atom stereocenters. The maximum absolute atomic E-state index is 12.6. The third kappa shape index (κ3) is 3.26. The highest BCUT2D eigenvalue weighted by atomic mass is 79.9. The predicted octanol–water partition coefficient (Wildman–Crippen LogP) is 2.41. The van der Waals surface area contributed by atoms with Gasteiger partial charge in [-0.2, -0.15) is 5.10 Å². The highest BCUT2D eigenvalue weighted by Crippen LogP contribution is 2.26. The molecule has 0 radical (unpaired) electrons. The Balaban J connectivity index is 2.26. The molecule has 1 aromatic rings. The molecule has 1 heterocycles. The highest BCUT2D eigenvalue weighted by Gasteiger charge is 2.30. The van der Waals surface area contributed by atoms with Crippen LogP contribution in [0.15, 0.2) is 4.90 Å². The van der Waals surface area contributed by atoms with Crippen molar-refractivity contribution in [3.05, 3.63) is 11.4 Å². The Kier molecular flexibility index (Phi) is 4.92. The Morgan fingerprint density at radius 3 is 2.50 bits per heavy atom. The molecule has 0 bridgehead atoms. The second-order valence-corrected chi connectivity index (χ2v) is 8.33. The second-order valence-electron chi connectivity index (χ2n) is 5.51. The average molecular weight is 364 g/mol. The molecule has 2 rings (SSSR count). The van der Waals surface area contributed by atoms with Crippen LogP contribution in [0, 0.1) is 13.8 Å². The number of nitrogens with zero attached hydrogens (tertiary/aromatic N) is 2. The summed E-state index contributed by atoms with van der Waals surface area (Å²) in [4.78, 5) is 0.529. The van der Waals surface area contributed by atoms with Gasteiger partial charge < -0.3 is 0 Å². The van der Waals surface area contributed by atoms with Crippen molar-refractivity contribution in [1.29, 1.82) is 0 Å². The summed E-state index contributed by atoms with van der Waals surface area (Å²) in [6, 6.07) is -0.0403. The monoisotopic (exact) mass is 363 g/mol. The average Bonchev–Trinajstić information content (AvgIpc) is 2.50. The van der Waals surface area contributed by atoms with Crippen LogP contribution in [0.3, 0.4) is 0 Å². The molecular weight excluding hydrogens is 342 g/mol. The number of nitrogens with one attached hydrogen (secondary N) is 1. The van der Waals surface area contributed by atoms with Gasteiger partial charge in [-0.1, -0.05) is 35.2 Å². The molecule has 20 heavy (non-hydrogen) atoms. The zero-order valence-corrected chi connectivity index (χ0v) is 14.6. The van der Waals surface area contributed by atoms with E-state index in [0.717, 1.165) is 25.7 Å². The molecule has 114 valence electrons. The van der Waals surface area contributed by atoms with E-state index in [4.69, 9.17) is 0 Å². The summed E-state index contributed by atoms with van der Waals surface area (Å²) < 4.78 is 29.7. The van der Waals surface area contributed by atoms with Crippen LogP contribution in [-0.2, 0) is 17.1 Å². The van der Waals surface area contributed by atoms with Crippen molar-refractivity contribution in [3.63, 3.8) is 0 Å². The SMILES string of the molecule is Cc1nn(C)c(C)c1S(=O)(=O)NC1CCCCCC1Br. The Morgan fingerprint density at radius 1 is 1.25 bits per heavy atom. The van der Waals surface area contributed by atoms with E-state index in [9.17, 15) is 8.42 Å². The summed E-state index contributed by atoms with van der Waals surface area (Å²) in [7, 11) is -1.75. The summed E-state index contributed by atoms with van der Waals surface area (Å²) in [5.74, 6) is 0. The van der Waals surface area contributed by atoms with Gasteiger partial charge in [0.05, 0.1) is 11.4 Å².